The van der Waals surface area contributed by atoms with Crippen LogP contribution in [0.3, 0.4) is 0 Å². The van der Waals surface area contributed by atoms with E-state index in [4.69, 9.17) is 0 Å². The highest BCUT2D eigenvalue weighted by atomic mass is 16.2. The Morgan fingerprint density at radius 1 is 1.10 bits per heavy atom. The van der Waals surface area contributed by atoms with Gasteiger partial charge in [0.15, 0.2) is 0 Å². The summed E-state index contributed by atoms with van der Waals surface area (Å²) in [6, 6.07) is -0.433. The molecule has 1 radical (unpaired) electrons. The van der Waals surface area contributed by atoms with Crippen molar-refractivity contribution in [1.82, 2.24) is 15.1 Å². The predicted octanol–water partition coefficient (Wildman–Crippen LogP) is 1.51. The number of nitrogens with zero attached hydrogens (tertiary/aromatic N) is 2. The average Bonchev–Trinajstić information content (AvgIpc) is 2.31. The van der Waals surface area contributed by atoms with Crippen LogP contribution >= 0.6 is 0 Å². The van der Waals surface area contributed by atoms with Gasteiger partial charge in [-0.3, -0.25) is 14.5 Å². The van der Waals surface area contributed by atoms with E-state index >= 15 is 0 Å². The number of unbranched alkanes of at least 4 members (excludes halogenated alkanes) is 2. The lowest BCUT2D eigenvalue weighted by molar-refractivity contribution is -0.128. The number of carbonyl (C=O) groups excluding carboxylic acids is 3. The number of amides is 4. The van der Waals surface area contributed by atoms with Crippen molar-refractivity contribution < 1.29 is 14.4 Å². The average molecular weight is 284 g/mol. The van der Waals surface area contributed by atoms with Crippen LogP contribution in [0.15, 0.2) is 0 Å². The van der Waals surface area contributed by atoms with E-state index in [-0.39, 0.29) is 5.91 Å². The Labute approximate surface area is 121 Å². The highest BCUT2D eigenvalue weighted by Crippen LogP contribution is 2.10. The van der Waals surface area contributed by atoms with Crippen LogP contribution in [-0.4, -0.2) is 54.3 Å². The maximum absolute atomic E-state index is 11.7. The third-order valence-corrected chi connectivity index (χ3v) is 2.81. The number of imide groups is 1. The first-order chi connectivity index (χ1) is 9.20. The summed E-state index contributed by atoms with van der Waals surface area (Å²) < 4.78 is 0. The minimum atomic E-state index is -0.579. The smallest absolute Gasteiger partial charge is 0.325 e. The van der Waals surface area contributed by atoms with E-state index in [1.807, 2.05) is 0 Å². The Bertz CT molecular complexity index is 335. The lowest BCUT2D eigenvalue weighted by atomic mass is 10.1. The van der Waals surface area contributed by atoms with Crippen molar-refractivity contribution in [2.24, 2.45) is 0 Å². The molecule has 0 aliphatic carbocycles. The molecule has 0 aliphatic rings. The summed E-state index contributed by atoms with van der Waals surface area (Å²) in [6.45, 7) is 5.79. The highest BCUT2D eigenvalue weighted by molar-refractivity contribution is 5.85. The number of hydrogen-bond acceptors (Lipinski definition) is 3. The van der Waals surface area contributed by atoms with Crippen molar-refractivity contribution in [3.05, 3.63) is 0 Å². The first kappa shape index (κ1) is 18.4. The first-order valence-electron chi connectivity index (χ1n) is 6.86. The molecular weight excluding hydrogens is 258 g/mol. The largest absolute Gasteiger partial charge is 0.349 e. The monoisotopic (exact) mass is 284 g/mol. The Hall–Kier alpha value is -1.59. The van der Waals surface area contributed by atoms with Gasteiger partial charge in [0.1, 0.15) is 0 Å². The summed E-state index contributed by atoms with van der Waals surface area (Å²) in [7, 11) is 3.47. The normalized spacial score (nSPS) is 10.8. The van der Waals surface area contributed by atoms with Gasteiger partial charge < -0.3 is 10.2 Å². The summed E-state index contributed by atoms with van der Waals surface area (Å²) in [5.74, 6) is 0.114. The zero-order valence-corrected chi connectivity index (χ0v) is 13.2. The van der Waals surface area contributed by atoms with Crippen LogP contribution in [0.5, 0.6) is 0 Å². The number of urea groups is 1. The molecule has 6 heteroatoms. The molecule has 0 heterocycles. The Kier molecular flexibility index (Phi) is 7.87. The molecule has 0 rings (SSSR count). The van der Waals surface area contributed by atoms with Crippen LogP contribution in [0.25, 0.3) is 0 Å². The van der Waals surface area contributed by atoms with E-state index < -0.39 is 11.6 Å². The molecule has 0 aromatic carbocycles. The second kappa shape index (κ2) is 8.55. The second-order valence-electron chi connectivity index (χ2n) is 5.93. The van der Waals surface area contributed by atoms with E-state index in [2.05, 4.69) is 5.32 Å². The fourth-order valence-corrected chi connectivity index (χ4v) is 1.56. The van der Waals surface area contributed by atoms with Crippen LogP contribution in [0.4, 0.5) is 4.79 Å². The lowest BCUT2D eigenvalue weighted by Crippen LogP contribution is -2.49. The molecule has 0 bridgehead atoms. The molecule has 1 N–H and O–H groups in total. The minimum absolute atomic E-state index is 0.114. The van der Waals surface area contributed by atoms with Crippen LogP contribution in [0.1, 0.15) is 46.5 Å². The molecule has 0 aliphatic heterocycles. The Balaban J connectivity index is 3.83. The molecular formula is C14H26N3O3. The topological polar surface area (TPSA) is 69.7 Å². The number of nitrogens with one attached hydrogen (secondary N) is 1. The highest BCUT2D eigenvalue weighted by Gasteiger charge is 2.26. The van der Waals surface area contributed by atoms with Gasteiger partial charge in [0.25, 0.3) is 0 Å². The lowest BCUT2D eigenvalue weighted by Gasteiger charge is -2.29. The van der Waals surface area contributed by atoms with Crippen molar-refractivity contribution in [2.75, 3.05) is 20.6 Å². The molecule has 4 amide bonds. The summed E-state index contributed by atoms with van der Waals surface area (Å²) >= 11 is 0. The van der Waals surface area contributed by atoms with Crippen molar-refractivity contribution in [1.29, 1.82) is 0 Å². The van der Waals surface area contributed by atoms with Crippen LogP contribution < -0.4 is 5.32 Å². The molecule has 0 saturated carbocycles. The zero-order valence-electron chi connectivity index (χ0n) is 13.2. The Morgan fingerprint density at radius 3 is 2.15 bits per heavy atom. The van der Waals surface area contributed by atoms with Gasteiger partial charge in [-0.1, -0.05) is 6.42 Å². The van der Waals surface area contributed by atoms with Gasteiger partial charge in [-0.2, -0.15) is 0 Å². The van der Waals surface area contributed by atoms with E-state index in [9.17, 15) is 14.4 Å². The fourth-order valence-electron chi connectivity index (χ4n) is 1.56. The molecule has 0 aromatic rings. The van der Waals surface area contributed by atoms with Gasteiger partial charge in [0, 0.05) is 32.6 Å². The third-order valence-electron chi connectivity index (χ3n) is 2.81. The maximum Gasteiger partial charge on any atom is 0.325 e. The predicted molar refractivity (Wildman–Crippen MR) is 77.8 cm³/mol. The van der Waals surface area contributed by atoms with Crippen molar-refractivity contribution in [3.8, 4) is 0 Å². The van der Waals surface area contributed by atoms with Crippen LogP contribution in [0.2, 0.25) is 0 Å². The second-order valence-corrected chi connectivity index (χ2v) is 5.93. The van der Waals surface area contributed by atoms with Gasteiger partial charge in [-0.15, -0.1) is 0 Å². The molecule has 6 nitrogen and oxygen atoms in total. The van der Waals surface area contributed by atoms with Gasteiger partial charge >= 0.3 is 12.4 Å². The van der Waals surface area contributed by atoms with Gasteiger partial charge in [-0.25, -0.2) is 4.79 Å². The van der Waals surface area contributed by atoms with E-state index in [1.165, 1.54) is 0 Å². The molecule has 0 spiro atoms. The van der Waals surface area contributed by atoms with E-state index in [0.717, 1.165) is 24.2 Å². The summed E-state index contributed by atoms with van der Waals surface area (Å²) in [5, 5.41) is 2.68. The number of hydrogen-bond donors (Lipinski definition) is 1. The summed E-state index contributed by atoms with van der Waals surface area (Å²) in [4.78, 5) is 36.4. The first-order valence-corrected chi connectivity index (χ1v) is 6.86. The van der Waals surface area contributed by atoms with E-state index in [0.29, 0.717) is 13.0 Å². The number of rotatable bonds is 7. The molecule has 0 aromatic heterocycles. The number of carbonyl (C=O) groups is 2. The molecule has 0 unspecified atom stereocenters. The quantitative estimate of drug-likeness (QED) is 0.569. The molecule has 20 heavy (non-hydrogen) atoms. The fraction of sp³-hybridized carbons (Fsp3) is 0.786. The molecule has 0 saturated heterocycles. The Morgan fingerprint density at radius 2 is 1.70 bits per heavy atom. The third kappa shape index (κ3) is 7.11. The minimum Gasteiger partial charge on any atom is -0.349 e. The zero-order chi connectivity index (χ0) is 15.8. The van der Waals surface area contributed by atoms with Gasteiger partial charge in [0.05, 0.1) is 0 Å². The molecule has 115 valence electrons. The van der Waals surface area contributed by atoms with Crippen molar-refractivity contribution in [2.45, 2.75) is 52.0 Å². The van der Waals surface area contributed by atoms with Crippen LogP contribution in [0, 0.1) is 0 Å². The van der Waals surface area contributed by atoms with Gasteiger partial charge in [0.2, 0.25) is 5.91 Å². The summed E-state index contributed by atoms with van der Waals surface area (Å²) in [6.07, 6.45) is 4.61. The SMILES string of the molecule is CN(C)C(=O)CCCCCNC(=O)N([C]=O)C(C)(C)C. The van der Waals surface area contributed by atoms with Gasteiger partial charge in [-0.05, 0) is 33.6 Å². The van der Waals surface area contributed by atoms with Crippen molar-refractivity contribution >= 4 is 18.3 Å². The summed E-state index contributed by atoms with van der Waals surface area (Å²) in [5.41, 5.74) is -0.579. The van der Waals surface area contributed by atoms with E-state index in [1.54, 1.807) is 46.2 Å². The molecule has 0 atom stereocenters. The van der Waals surface area contributed by atoms with Crippen LogP contribution in [-0.2, 0) is 9.59 Å². The maximum atomic E-state index is 11.7. The standard InChI is InChI=1S/C14H26N3O3/c1-14(2,3)17(11-18)13(20)15-10-8-6-7-9-12(19)16(4)5/h6-10H2,1-5H3,(H,15,20). The van der Waals surface area contributed by atoms with Crippen molar-refractivity contribution in [3.63, 3.8) is 0 Å². The molecule has 0 fully saturated rings.